The van der Waals surface area contributed by atoms with Crippen LogP contribution in [0, 0.1) is 11.8 Å². The van der Waals surface area contributed by atoms with Crippen molar-refractivity contribution in [2.45, 2.75) is 32.8 Å². The van der Waals surface area contributed by atoms with Gasteiger partial charge in [-0.3, -0.25) is 4.79 Å². The van der Waals surface area contributed by atoms with Gasteiger partial charge in [0.05, 0.1) is 6.61 Å². The van der Waals surface area contributed by atoms with Crippen molar-refractivity contribution >= 4 is 5.78 Å². The van der Waals surface area contributed by atoms with Crippen LogP contribution >= 0.6 is 0 Å². The number of ketones is 1. The molecule has 1 aromatic carbocycles. The Balaban J connectivity index is 1.63. The molecule has 0 amide bonds. The third kappa shape index (κ3) is 3.16. The van der Waals surface area contributed by atoms with Crippen LogP contribution < -0.4 is 0 Å². The molecule has 2 atom stereocenters. The van der Waals surface area contributed by atoms with E-state index in [1.165, 1.54) is 5.56 Å². The molecule has 0 spiro atoms. The van der Waals surface area contributed by atoms with Crippen molar-refractivity contribution in [3.05, 3.63) is 35.9 Å². The lowest BCUT2D eigenvalue weighted by Crippen LogP contribution is -2.37. The second-order valence-corrected chi connectivity index (χ2v) is 4.77. The highest BCUT2D eigenvalue weighted by atomic mass is 16.5. The fourth-order valence-corrected chi connectivity index (χ4v) is 2.52. The number of carbonyl (C=O) groups excluding carboxylic acids is 1. The molecule has 1 aliphatic rings. The number of ether oxygens (including phenoxy) is 1. The van der Waals surface area contributed by atoms with Gasteiger partial charge in [-0.1, -0.05) is 37.3 Å². The fraction of sp³-hybridized carbons (Fsp3) is 0.533. The maximum atomic E-state index is 11.3. The number of rotatable bonds is 6. The SMILES string of the molecule is CC[C@H]1C(=O)C[C@H]1CCOCc1ccccc1. The van der Waals surface area contributed by atoms with E-state index in [-0.39, 0.29) is 0 Å². The Kier molecular flexibility index (Phi) is 4.32. The van der Waals surface area contributed by atoms with Crippen LogP contribution in [-0.2, 0) is 16.1 Å². The van der Waals surface area contributed by atoms with E-state index in [1.807, 2.05) is 18.2 Å². The predicted molar refractivity (Wildman–Crippen MR) is 67.6 cm³/mol. The zero-order chi connectivity index (χ0) is 12.1. The molecular formula is C15H20O2. The lowest BCUT2D eigenvalue weighted by Gasteiger charge is -2.34. The minimum Gasteiger partial charge on any atom is -0.377 e. The summed E-state index contributed by atoms with van der Waals surface area (Å²) in [7, 11) is 0. The van der Waals surface area contributed by atoms with Crippen LogP contribution in [0.5, 0.6) is 0 Å². The largest absolute Gasteiger partial charge is 0.377 e. The van der Waals surface area contributed by atoms with E-state index in [2.05, 4.69) is 19.1 Å². The molecule has 0 radical (unpaired) electrons. The van der Waals surface area contributed by atoms with Gasteiger partial charge in [0, 0.05) is 18.9 Å². The number of benzene rings is 1. The van der Waals surface area contributed by atoms with E-state index in [9.17, 15) is 4.79 Å². The summed E-state index contributed by atoms with van der Waals surface area (Å²) in [5, 5.41) is 0. The number of carbonyl (C=O) groups is 1. The van der Waals surface area contributed by atoms with Gasteiger partial charge in [-0.15, -0.1) is 0 Å². The molecule has 1 fully saturated rings. The highest BCUT2D eigenvalue weighted by Gasteiger charge is 2.37. The van der Waals surface area contributed by atoms with E-state index in [0.717, 1.165) is 25.9 Å². The fourth-order valence-electron chi connectivity index (χ4n) is 2.52. The van der Waals surface area contributed by atoms with Crippen LogP contribution in [0.15, 0.2) is 30.3 Å². The van der Waals surface area contributed by atoms with Gasteiger partial charge in [0.15, 0.2) is 0 Å². The van der Waals surface area contributed by atoms with Crippen LogP contribution in [0.2, 0.25) is 0 Å². The van der Waals surface area contributed by atoms with E-state index in [1.54, 1.807) is 0 Å². The van der Waals surface area contributed by atoms with E-state index < -0.39 is 0 Å². The Bertz CT molecular complexity index is 358. The molecule has 1 aliphatic carbocycles. The van der Waals surface area contributed by atoms with Crippen molar-refractivity contribution < 1.29 is 9.53 Å². The van der Waals surface area contributed by atoms with Gasteiger partial charge in [-0.25, -0.2) is 0 Å². The second-order valence-electron chi connectivity index (χ2n) is 4.77. The standard InChI is InChI=1S/C15H20O2/c1-2-14-13(10-15(14)16)8-9-17-11-12-6-4-3-5-7-12/h3-7,13-14H,2,8-11H2,1H3/t13-,14-/m1/s1. The van der Waals surface area contributed by atoms with Crippen molar-refractivity contribution in [1.82, 2.24) is 0 Å². The van der Waals surface area contributed by atoms with Crippen LogP contribution in [0.3, 0.4) is 0 Å². The zero-order valence-electron chi connectivity index (χ0n) is 10.4. The Hall–Kier alpha value is -1.15. The summed E-state index contributed by atoms with van der Waals surface area (Å²) in [4.78, 5) is 11.3. The van der Waals surface area contributed by atoms with Crippen molar-refractivity contribution in [2.24, 2.45) is 11.8 Å². The van der Waals surface area contributed by atoms with E-state index >= 15 is 0 Å². The van der Waals surface area contributed by atoms with Crippen LogP contribution in [0.1, 0.15) is 31.7 Å². The first kappa shape index (κ1) is 12.3. The van der Waals surface area contributed by atoms with Gasteiger partial charge >= 0.3 is 0 Å². The molecular weight excluding hydrogens is 212 g/mol. The first-order chi connectivity index (χ1) is 8.31. The van der Waals surface area contributed by atoms with Crippen LogP contribution in [-0.4, -0.2) is 12.4 Å². The predicted octanol–water partition coefficient (Wildman–Crippen LogP) is 3.21. The number of hydrogen-bond donors (Lipinski definition) is 0. The Labute approximate surface area is 103 Å². The molecule has 0 aromatic heterocycles. The molecule has 0 saturated heterocycles. The molecule has 2 heteroatoms. The normalized spacial score (nSPS) is 23.5. The summed E-state index contributed by atoms with van der Waals surface area (Å²) in [6, 6.07) is 10.2. The Morgan fingerprint density at radius 3 is 2.71 bits per heavy atom. The summed E-state index contributed by atoms with van der Waals surface area (Å²) >= 11 is 0. The lowest BCUT2D eigenvalue weighted by atomic mass is 9.69. The van der Waals surface area contributed by atoms with Gasteiger partial charge in [0.2, 0.25) is 0 Å². The Morgan fingerprint density at radius 2 is 2.06 bits per heavy atom. The minimum absolute atomic E-state index is 0.315. The lowest BCUT2D eigenvalue weighted by molar-refractivity contribution is -0.135. The van der Waals surface area contributed by atoms with Crippen LogP contribution in [0.25, 0.3) is 0 Å². The first-order valence-electron chi connectivity index (χ1n) is 6.45. The molecule has 0 aliphatic heterocycles. The van der Waals surface area contributed by atoms with E-state index in [0.29, 0.717) is 24.2 Å². The molecule has 17 heavy (non-hydrogen) atoms. The van der Waals surface area contributed by atoms with Crippen molar-refractivity contribution in [2.75, 3.05) is 6.61 Å². The highest BCUT2D eigenvalue weighted by Crippen LogP contribution is 2.35. The number of Topliss-reactive ketones (excluding diaryl/α,β-unsaturated/α-hetero) is 1. The topological polar surface area (TPSA) is 26.3 Å². The van der Waals surface area contributed by atoms with Crippen LogP contribution in [0.4, 0.5) is 0 Å². The molecule has 1 saturated carbocycles. The molecule has 92 valence electrons. The smallest absolute Gasteiger partial charge is 0.136 e. The third-order valence-corrected chi connectivity index (χ3v) is 3.63. The van der Waals surface area contributed by atoms with Crippen molar-refractivity contribution in [3.63, 3.8) is 0 Å². The summed E-state index contributed by atoms with van der Waals surface area (Å²) in [5.41, 5.74) is 1.21. The van der Waals surface area contributed by atoms with E-state index in [4.69, 9.17) is 4.74 Å². The number of hydrogen-bond acceptors (Lipinski definition) is 2. The first-order valence-corrected chi connectivity index (χ1v) is 6.45. The summed E-state index contributed by atoms with van der Waals surface area (Å²) < 4.78 is 5.64. The van der Waals surface area contributed by atoms with Crippen molar-refractivity contribution in [3.8, 4) is 0 Å². The average Bonchev–Trinajstić information content (AvgIpc) is 2.34. The van der Waals surface area contributed by atoms with Gasteiger partial charge in [0.25, 0.3) is 0 Å². The molecule has 2 rings (SSSR count). The van der Waals surface area contributed by atoms with Gasteiger partial charge in [-0.05, 0) is 24.3 Å². The third-order valence-electron chi connectivity index (χ3n) is 3.63. The zero-order valence-corrected chi connectivity index (χ0v) is 10.4. The maximum Gasteiger partial charge on any atom is 0.136 e. The monoisotopic (exact) mass is 232 g/mol. The van der Waals surface area contributed by atoms with Crippen molar-refractivity contribution in [1.29, 1.82) is 0 Å². The molecule has 0 unspecified atom stereocenters. The molecule has 2 nitrogen and oxygen atoms in total. The quantitative estimate of drug-likeness (QED) is 0.704. The molecule has 1 aromatic rings. The van der Waals surface area contributed by atoms with Gasteiger partial charge < -0.3 is 4.74 Å². The average molecular weight is 232 g/mol. The van der Waals surface area contributed by atoms with Gasteiger partial charge in [0.1, 0.15) is 5.78 Å². The highest BCUT2D eigenvalue weighted by molar-refractivity contribution is 5.87. The molecule has 0 N–H and O–H groups in total. The Morgan fingerprint density at radius 1 is 1.29 bits per heavy atom. The maximum absolute atomic E-state index is 11.3. The summed E-state index contributed by atoms with van der Waals surface area (Å²) in [6.45, 7) is 3.54. The second kappa shape index (κ2) is 5.97. The van der Waals surface area contributed by atoms with Gasteiger partial charge in [-0.2, -0.15) is 0 Å². The molecule has 0 heterocycles. The summed E-state index contributed by atoms with van der Waals surface area (Å²) in [5.74, 6) is 1.33. The molecule has 0 bridgehead atoms. The summed E-state index contributed by atoms with van der Waals surface area (Å²) in [6.07, 6.45) is 2.78. The minimum atomic E-state index is 0.315.